The van der Waals surface area contributed by atoms with E-state index in [1.807, 2.05) is 19.2 Å². The molecule has 1 unspecified atom stereocenters. The van der Waals surface area contributed by atoms with Crippen LogP contribution in [-0.4, -0.2) is 42.5 Å². The average molecular weight is 303 g/mol. The van der Waals surface area contributed by atoms with Gasteiger partial charge in [0.1, 0.15) is 5.75 Å². The molecule has 3 rings (SSSR count). The Balaban J connectivity index is 1.55. The van der Waals surface area contributed by atoms with E-state index in [-0.39, 0.29) is 5.92 Å². The number of benzene rings is 1. The van der Waals surface area contributed by atoms with Crippen molar-refractivity contribution in [3.05, 3.63) is 41.6 Å². The fraction of sp³-hybridized carbons (Fsp3) is 0.500. The van der Waals surface area contributed by atoms with Crippen LogP contribution in [0.4, 0.5) is 0 Å². The van der Waals surface area contributed by atoms with E-state index in [9.17, 15) is 0 Å². The molecule has 6 nitrogen and oxygen atoms in total. The first-order valence-electron chi connectivity index (χ1n) is 7.46. The molecule has 0 N–H and O–H groups in total. The zero-order valence-electron chi connectivity index (χ0n) is 13.0. The molecule has 0 spiro atoms. The largest absolute Gasteiger partial charge is 0.497 e. The van der Waals surface area contributed by atoms with Gasteiger partial charge in [-0.1, -0.05) is 12.1 Å². The molecule has 0 saturated carbocycles. The third-order valence-electron chi connectivity index (χ3n) is 3.78. The van der Waals surface area contributed by atoms with Crippen molar-refractivity contribution in [3.63, 3.8) is 0 Å². The molecule has 1 aromatic heterocycles. The minimum absolute atomic E-state index is 0.258. The lowest BCUT2D eigenvalue weighted by Crippen LogP contribution is -2.17. The standard InChI is InChI=1S/C16H21N3O3/c1-19(9-12-3-5-14(20-2)6-4-12)10-15-17-18-16(22-15)13-7-8-21-11-13/h3-6,13H,7-11H2,1-2H3. The molecule has 1 aliphatic rings. The zero-order chi connectivity index (χ0) is 15.4. The van der Waals surface area contributed by atoms with E-state index in [1.165, 1.54) is 5.56 Å². The number of ether oxygens (including phenoxy) is 2. The molecule has 0 aliphatic carbocycles. The number of nitrogens with zero attached hydrogens (tertiary/aromatic N) is 3. The molecule has 22 heavy (non-hydrogen) atoms. The Hall–Kier alpha value is -1.92. The van der Waals surface area contributed by atoms with Gasteiger partial charge in [0.05, 0.1) is 26.2 Å². The van der Waals surface area contributed by atoms with Crippen LogP contribution in [0.5, 0.6) is 5.75 Å². The molecule has 0 amide bonds. The Labute approximate surface area is 130 Å². The van der Waals surface area contributed by atoms with Gasteiger partial charge in [-0.2, -0.15) is 0 Å². The second-order valence-corrected chi connectivity index (χ2v) is 5.61. The van der Waals surface area contributed by atoms with E-state index in [2.05, 4.69) is 27.2 Å². The van der Waals surface area contributed by atoms with Crippen LogP contribution in [0.3, 0.4) is 0 Å². The van der Waals surface area contributed by atoms with Crippen LogP contribution in [0.25, 0.3) is 0 Å². The van der Waals surface area contributed by atoms with Gasteiger partial charge in [-0.25, -0.2) is 0 Å². The first-order chi connectivity index (χ1) is 10.7. The number of aromatic nitrogens is 2. The van der Waals surface area contributed by atoms with E-state index in [0.717, 1.165) is 25.3 Å². The van der Waals surface area contributed by atoms with Gasteiger partial charge in [0.2, 0.25) is 11.8 Å². The molecular formula is C16H21N3O3. The summed E-state index contributed by atoms with van der Waals surface area (Å²) in [5, 5.41) is 8.28. The van der Waals surface area contributed by atoms with Crippen molar-refractivity contribution in [3.8, 4) is 5.75 Å². The van der Waals surface area contributed by atoms with E-state index >= 15 is 0 Å². The molecule has 6 heteroatoms. The van der Waals surface area contributed by atoms with Gasteiger partial charge in [-0.05, 0) is 31.2 Å². The van der Waals surface area contributed by atoms with Crippen molar-refractivity contribution >= 4 is 0 Å². The lowest BCUT2D eigenvalue weighted by atomic mass is 10.1. The van der Waals surface area contributed by atoms with Crippen LogP contribution in [-0.2, 0) is 17.8 Å². The summed E-state index contributed by atoms with van der Waals surface area (Å²) in [7, 11) is 3.70. The fourth-order valence-corrected chi connectivity index (χ4v) is 2.55. The molecule has 1 aromatic carbocycles. The van der Waals surface area contributed by atoms with Crippen molar-refractivity contribution in [2.45, 2.75) is 25.4 Å². The van der Waals surface area contributed by atoms with Crippen LogP contribution in [0, 0.1) is 0 Å². The van der Waals surface area contributed by atoms with Crippen LogP contribution in [0.1, 0.15) is 29.7 Å². The highest BCUT2D eigenvalue weighted by Crippen LogP contribution is 2.24. The summed E-state index contributed by atoms with van der Waals surface area (Å²) in [5.74, 6) is 2.48. The minimum atomic E-state index is 0.258. The molecule has 2 aromatic rings. The molecule has 1 saturated heterocycles. The maximum absolute atomic E-state index is 5.75. The molecule has 1 atom stereocenters. The molecule has 118 valence electrons. The van der Waals surface area contributed by atoms with Gasteiger partial charge < -0.3 is 13.9 Å². The molecule has 1 fully saturated rings. The second-order valence-electron chi connectivity index (χ2n) is 5.61. The molecular weight excluding hydrogens is 282 g/mol. The summed E-state index contributed by atoms with van der Waals surface area (Å²) in [6, 6.07) is 8.05. The summed E-state index contributed by atoms with van der Waals surface area (Å²) in [6.45, 7) is 2.91. The lowest BCUT2D eigenvalue weighted by molar-refractivity contribution is 0.190. The highest BCUT2D eigenvalue weighted by Gasteiger charge is 2.23. The Morgan fingerprint density at radius 2 is 2.05 bits per heavy atom. The summed E-state index contributed by atoms with van der Waals surface area (Å²) in [6.07, 6.45) is 0.962. The maximum atomic E-state index is 5.75. The fourth-order valence-electron chi connectivity index (χ4n) is 2.55. The van der Waals surface area contributed by atoms with Gasteiger partial charge in [0.25, 0.3) is 0 Å². The first-order valence-corrected chi connectivity index (χ1v) is 7.46. The number of hydrogen-bond acceptors (Lipinski definition) is 6. The van der Waals surface area contributed by atoms with Gasteiger partial charge in [-0.3, -0.25) is 4.90 Å². The third kappa shape index (κ3) is 3.64. The highest BCUT2D eigenvalue weighted by molar-refractivity contribution is 5.27. The summed E-state index contributed by atoms with van der Waals surface area (Å²) < 4.78 is 16.3. The Kier molecular flexibility index (Phi) is 4.70. The van der Waals surface area contributed by atoms with E-state index in [0.29, 0.717) is 24.9 Å². The van der Waals surface area contributed by atoms with Gasteiger partial charge in [0.15, 0.2) is 0 Å². The monoisotopic (exact) mass is 303 g/mol. The van der Waals surface area contributed by atoms with Gasteiger partial charge in [0, 0.05) is 13.2 Å². The smallest absolute Gasteiger partial charge is 0.230 e. The van der Waals surface area contributed by atoms with Gasteiger partial charge >= 0.3 is 0 Å². The molecule has 0 radical (unpaired) electrons. The number of hydrogen-bond donors (Lipinski definition) is 0. The van der Waals surface area contributed by atoms with E-state index in [4.69, 9.17) is 13.9 Å². The van der Waals surface area contributed by atoms with Crippen LogP contribution < -0.4 is 4.74 Å². The summed E-state index contributed by atoms with van der Waals surface area (Å²) >= 11 is 0. The van der Waals surface area contributed by atoms with Crippen molar-refractivity contribution in [2.75, 3.05) is 27.4 Å². The van der Waals surface area contributed by atoms with Crippen molar-refractivity contribution in [2.24, 2.45) is 0 Å². The van der Waals surface area contributed by atoms with Crippen LogP contribution >= 0.6 is 0 Å². The van der Waals surface area contributed by atoms with Crippen LogP contribution in [0.15, 0.2) is 28.7 Å². The second kappa shape index (κ2) is 6.89. The predicted octanol–water partition coefficient (Wildman–Crippen LogP) is 2.21. The Morgan fingerprint density at radius 1 is 1.23 bits per heavy atom. The van der Waals surface area contributed by atoms with Crippen LogP contribution in [0.2, 0.25) is 0 Å². The number of methoxy groups -OCH3 is 1. The first kappa shape index (κ1) is 15.0. The Morgan fingerprint density at radius 3 is 2.73 bits per heavy atom. The third-order valence-corrected chi connectivity index (χ3v) is 3.78. The van der Waals surface area contributed by atoms with Crippen molar-refractivity contribution in [1.82, 2.24) is 15.1 Å². The number of rotatable bonds is 6. The van der Waals surface area contributed by atoms with Gasteiger partial charge in [-0.15, -0.1) is 10.2 Å². The summed E-state index contributed by atoms with van der Waals surface area (Å²) in [5.41, 5.74) is 1.22. The normalized spacial score (nSPS) is 18.0. The lowest BCUT2D eigenvalue weighted by Gasteiger charge is -2.14. The quantitative estimate of drug-likeness (QED) is 0.815. The van der Waals surface area contributed by atoms with Crippen molar-refractivity contribution < 1.29 is 13.9 Å². The summed E-state index contributed by atoms with van der Waals surface area (Å²) in [4.78, 5) is 2.14. The van der Waals surface area contributed by atoms with E-state index in [1.54, 1.807) is 7.11 Å². The zero-order valence-corrected chi connectivity index (χ0v) is 13.0. The Bertz CT molecular complexity index is 591. The predicted molar refractivity (Wildman–Crippen MR) is 80.6 cm³/mol. The highest BCUT2D eigenvalue weighted by atomic mass is 16.5. The average Bonchev–Trinajstić information content (AvgIpc) is 3.19. The SMILES string of the molecule is COc1ccc(CN(C)Cc2nnc(C3CCOC3)o2)cc1. The molecule has 1 aliphatic heterocycles. The van der Waals surface area contributed by atoms with E-state index < -0.39 is 0 Å². The van der Waals surface area contributed by atoms with Crippen molar-refractivity contribution in [1.29, 1.82) is 0 Å². The minimum Gasteiger partial charge on any atom is -0.497 e. The topological polar surface area (TPSA) is 60.6 Å². The molecule has 0 bridgehead atoms. The maximum Gasteiger partial charge on any atom is 0.230 e. The molecule has 2 heterocycles.